The number of rotatable bonds is 19. The molecular weight excluding hydrogens is 1220 g/mol. The third-order valence-electron chi connectivity index (χ3n) is 18.5. The highest BCUT2D eigenvalue weighted by Crippen LogP contribution is 2.64. The zero-order valence-corrected chi connectivity index (χ0v) is 52.7. The minimum Gasteiger partial charge on any atom is -0.455 e. The highest BCUT2D eigenvalue weighted by Gasteiger charge is 2.78. The third-order valence-corrected chi connectivity index (χ3v) is 18.5. The minimum atomic E-state index is -2.55. The second kappa shape index (κ2) is 26.8. The summed E-state index contributed by atoms with van der Waals surface area (Å²) in [7, 11) is 2.70. The van der Waals surface area contributed by atoms with E-state index in [9.17, 15) is 49.1 Å². The van der Waals surface area contributed by atoms with Gasteiger partial charge in [-0.3, -0.25) is 34.3 Å². The van der Waals surface area contributed by atoms with Gasteiger partial charge >= 0.3 is 41.8 Å². The van der Waals surface area contributed by atoms with E-state index in [0.717, 1.165) is 23.6 Å². The average Bonchev–Trinajstić information content (AvgIpc) is 0.670. The van der Waals surface area contributed by atoms with E-state index >= 15 is 9.59 Å². The van der Waals surface area contributed by atoms with Crippen molar-refractivity contribution in [3.05, 3.63) is 189 Å². The van der Waals surface area contributed by atoms with Crippen molar-refractivity contribution in [3.63, 3.8) is 0 Å². The lowest BCUT2D eigenvalue weighted by atomic mass is 9.44. The van der Waals surface area contributed by atoms with Gasteiger partial charge < -0.3 is 63.2 Å². The highest BCUT2D eigenvalue weighted by atomic mass is 16.6. The Balaban J connectivity index is 0.971. The fourth-order valence-corrected chi connectivity index (χ4v) is 13.4. The van der Waals surface area contributed by atoms with Gasteiger partial charge in [-0.1, -0.05) is 86.6 Å². The number of hydrogen-bond acceptors (Lipinski definition) is 21. The number of ketones is 1. The zero-order valence-electron chi connectivity index (χ0n) is 52.7. The van der Waals surface area contributed by atoms with Crippen LogP contribution in [-0.2, 0) is 58.9 Å². The van der Waals surface area contributed by atoms with Gasteiger partial charge in [0.1, 0.15) is 42.3 Å². The number of nitrogens with one attached hydrogen (secondary N) is 1. The maximum Gasteiger partial charge on any atom is 0.410 e. The van der Waals surface area contributed by atoms with Gasteiger partial charge in [-0.15, -0.1) is 0 Å². The number of nitrogens with zero attached hydrogens (tertiary/aromatic N) is 4. The van der Waals surface area contributed by atoms with E-state index in [1.165, 1.54) is 84.3 Å². The molecule has 0 radical (unpaired) electrons. The number of aliphatic hydroxyl groups is 2. The molecule has 3 amide bonds. The fraction of sp³-hybridized carbons (Fsp3) is 0.377. The molecule has 10 rings (SSSR count). The Morgan fingerprint density at radius 2 is 1.44 bits per heavy atom. The van der Waals surface area contributed by atoms with Crippen LogP contribution in [0.3, 0.4) is 0 Å². The highest BCUT2D eigenvalue weighted by molar-refractivity contribution is 5.97. The van der Waals surface area contributed by atoms with Crippen LogP contribution >= 0.6 is 0 Å². The van der Waals surface area contributed by atoms with E-state index in [-0.39, 0.29) is 65.4 Å². The van der Waals surface area contributed by atoms with Crippen molar-refractivity contribution < 1.29 is 91.4 Å². The van der Waals surface area contributed by atoms with Crippen molar-refractivity contribution in [2.24, 2.45) is 16.7 Å². The topological polar surface area (TPSA) is 325 Å². The lowest BCUT2D eigenvalue weighted by Crippen LogP contribution is -2.82. The van der Waals surface area contributed by atoms with Crippen molar-refractivity contribution in [2.45, 2.75) is 115 Å². The molecule has 4 aliphatic rings. The van der Waals surface area contributed by atoms with Crippen molar-refractivity contribution in [3.8, 4) is 11.5 Å². The Labute approximate surface area is 539 Å². The summed E-state index contributed by atoms with van der Waals surface area (Å²) in [5.41, 5.74) is -7.47. The number of fused-ring (bicyclic) bond motifs is 6. The molecular formula is C69H71N5O20. The molecule has 3 aliphatic carbocycles. The Kier molecular flexibility index (Phi) is 19.1. The van der Waals surface area contributed by atoms with Crippen molar-refractivity contribution in [2.75, 3.05) is 33.8 Å². The van der Waals surface area contributed by atoms with Crippen LogP contribution in [-0.4, -0.2) is 159 Å². The van der Waals surface area contributed by atoms with E-state index in [1.807, 2.05) is 0 Å². The summed E-state index contributed by atoms with van der Waals surface area (Å²) in [6.45, 7) is 6.85. The summed E-state index contributed by atoms with van der Waals surface area (Å²) < 4.78 is 48.9. The second-order valence-electron chi connectivity index (χ2n) is 24.6. The van der Waals surface area contributed by atoms with Crippen LogP contribution in [0.1, 0.15) is 92.3 Å². The second-order valence-corrected chi connectivity index (χ2v) is 24.6. The monoisotopic (exact) mass is 1290 g/mol. The Morgan fingerprint density at radius 3 is 2.06 bits per heavy atom. The lowest BCUT2D eigenvalue weighted by molar-refractivity contribution is -0.385. The normalized spacial score (nSPS) is 24.7. The SMILES string of the molecule is CC(=O)O[C@H]1C(=O)[C@@]2(C)[C@H]([C@H](OC(=O)c3ccccc3)[C@]3(O)C[C@H](OC(=O)[C@H](OC(=O)N(C)CCN(C)C(=O)OCc4ccc([N+](=O)[O-])c(Oc5cccc6ncccc56)c4)[C@@H](NC(=O)c4ccccc4)c4ccccc4)C(C)=C1C3(C)C)[C@]1(OC(C)=O)CO[C@@H]1C[C@@H]2O. The number of Topliss-reactive ketones (excluding diaryl/α,β-unsaturated/α-hetero) is 1. The Bertz CT molecular complexity index is 3960. The summed E-state index contributed by atoms with van der Waals surface area (Å²) in [6, 6.07) is 34.6. The van der Waals surface area contributed by atoms with Gasteiger partial charge in [0.2, 0.25) is 11.9 Å². The van der Waals surface area contributed by atoms with Crippen molar-refractivity contribution in [1.29, 1.82) is 0 Å². The summed E-state index contributed by atoms with van der Waals surface area (Å²) >= 11 is 0. The minimum absolute atomic E-state index is 0.00384. The molecule has 5 aromatic carbocycles. The van der Waals surface area contributed by atoms with Gasteiger partial charge in [0.15, 0.2) is 17.5 Å². The number of aliphatic hydroxyl groups excluding tert-OH is 1. The first-order chi connectivity index (χ1) is 44.7. The summed E-state index contributed by atoms with van der Waals surface area (Å²) in [5, 5.41) is 42.0. The number of benzene rings is 5. The Hall–Kier alpha value is -10.1. The van der Waals surface area contributed by atoms with Gasteiger partial charge in [0.25, 0.3) is 5.91 Å². The molecule has 0 spiro atoms. The molecule has 94 heavy (non-hydrogen) atoms. The maximum absolute atomic E-state index is 15.9. The van der Waals surface area contributed by atoms with Gasteiger partial charge in [-0.25, -0.2) is 19.2 Å². The van der Waals surface area contributed by atoms with Gasteiger partial charge in [0, 0.05) is 82.5 Å². The number of pyridine rings is 1. The molecule has 0 unspecified atom stereocenters. The first-order valence-corrected chi connectivity index (χ1v) is 30.3. The number of likely N-dealkylation sites (N-methyl/N-ethyl adjacent to an activating group) is 2. The van der Waals surface area contributed by atoms with Crippen molar-refractivity contribution >= 4 is 64.3 Å². The molecule has 3 fully saturated rings. The molecule has 1 saturated heterocycles. The van der Waals surface area contributed by atoms with E-state index in [4.69, 9.17) is 37.9 Å². The van der Waals surface area contributed by atoms with Crippen LogP contribution in [0.15, 0.2) is 157 Å². The summed E-state index contributed by atoms with van der Waals surface area (Å²) in [5.74, 6) is -7.27. The number of nitro benzene ring substituents is 1. The van der Waals surface area contributed by atoms with E-state index in [2.05, 4.69) is 10.3 Å². The number of amides is 3. The largest absolute Gasteiger partial charge is 0.455 e. The van der Waals surface area contributed by atoms with Crippen LogP contribution in [0.25, 0.3) is 10.9 Å². The summed E-state index contributed by atoms with van der Waals surface area (Å²) in [4.78, 5) is 133. The molecule has 6 aromatic rings. The molecule has 25 heteroatoms. The number of hydrogen-bond donors (Lipinski definition) is 3. The summed E-state index contributed by atoms with van der Waals surface area (Å²) in [6.07, 6.45) is -11.9. The number of carbonyl (C=O) groups is 8. The number of carbonyl (C=O) groups excluding carboxylic acids is 8. The molecule has 1 aromatic heterocycles. The molecule has 1 aliphatic heterocycles. The van der Waals surface area contributed by atoms with Crippen LogP contribution in [0.4, 0.5) is 15.3 Å². The number of aromatic nitrogens is 1. The van der Waals surface area contributed by atoms with Crippen LogP contribution in [0, 0.1) is 26.9 Å². The third kappa shape index (κ3) is 12.8. The fourth-order valence-electron chi connectivity index (χ4n) is 13.4. The van der Waals surface area contributed by atoms with Crippen LogP contribution < -0.4 is 10.1 Å². The quantitative estimate of drug-likeness (QED) is 0.0225. The standard InChI is InChI=1S/C69H71N5O20/c1-39-51(36-69(84)60(93-62(80)45-24-16-11-17-25-45)58-67(6,52(77)35-53-68(58,38-88-53)94-41(3)76)59(78)56(89-40(2)75)54(39)66(69,4)5)91-63(81)57(55(43-20-12-9-13-21-43)71-61(79)44-22-14-10-15-23-44)92-65(83)73(8)33-32-72(7)64(82)87-37-42-29-30-48(74(85)86)50(34-42)90-49-28-18-27-47-46(49)26-19-31-70-47/h9-31,34,51-53,55-58,60,77,84H,32-33,35-38H2,1-8H3,(H,71,79)/t51-,52-,53+,55-,56+,57+,58-,60-,67+,68-,69+/m0/s1. The molecule has 2 saturated carbocycles. The maximum atomic E-state index is 15.9. The Morgan fingerprint density at radius 1 is 0.787 bits per heavy atom. The molecule has 25 nitrogen and oxygen atoms in total. The van der Waals surface area contributed by atoms with Crippen molar-refractivity contribution in [1.82, 2.24) is 20.1 Å². The van der Waals surface area contributed by atoms with Gasteiger partial charge in [-0.2, -0.15) is 0 Å². The molecule has 11 atom stereocenters. The predicted octanol–water partition coefficient (Wildman–Crippen LogP) is 8.33. The number of esters is 4. The predicted molar refractivity (Wildman–Crippen MR) is 332 cm³/mol. The smallest absolute Gasteiger partial charge is 0.410 e. The average molecular weight is 1290 g/mol. The molecule has 492 valence electrons. The lowest BCUT2D eigenvalue weighted by Gasteiger charge is -2.67. The van der Waals surface area contributed by atoms with Gasteiger partial charge in [-0.05, 0) is 96.8 Å². The van der Waals surface area contributed by atoms with E-state index in [0.29, 0.717) is 22.2 Å². The zero-order chi connectivity index (χ0) is 67.6. The number of ether oxygens (including phenoxy) is 8. The molecule has 3 N–H and O–H groups in total. The van der Waals surface area contributed by atoms with E-state index in [1.54, 1.807) is 103 Å². The number of nitro groups is 1. The van der Waals surface area contributed by atoms with Crippen LogP contribution in [0.5, 0.6) is 11.5 Å². The van der Waals surface area contributed by atoms with E-state index < -0.39 is 136 Å². The van der Waals surface area contributed by atoms with Crippen LogP contribution in [0.2, 0.25) is 0 Å². The molecule has 2 heterocycles. The molecule has 2 bridgehead atoms. The first kappa shape index (κ1) is 66.8. The van der Waals surface area contributed by atoms with Gasteiger partial charge in [0.05, 0.1) is 40.0 Å². The first-order valence-electron chi connectivity index (χ1n) is 30.3.